The van der Waals surface area contributed by atoms with Gasteiger partial charge in [0.25, 0.3) is 0 Å². The number of rotatable bonds is 6. The van der Waals surface area contributed by atoms with Crippen LogP contribution in [0.15, 0.2) is 24.3 Å². The summed E-state index contributed by atoms with van der Waals surface area (Å²) in [5.74, 6) is -0.0927. The number of hydrogen-bond donors (Lipinski definition) is 2. The molecule has 1 aromatic rings. The van der Waals surface area contributed by atoms with Crippen molar-refractivity contribution in [3.05, 3.63) is 35.4 Å². The number of carbonyl (C=O) groups excluding carboxylic acids is 1. The quantitative estimate of drug-likeness (QED) is 0.781. The Morgan fingerprint density at radius 1 is 1.36 bits per heavy atom. The van der Waals surface area contributed by atoms with E-state index >= 15 is 0 Å². The van der Waals surface area contributed by atoms with Gasteiger partial charge in [0.2, 0.25) is 5.91 Å². The molecule has 2 atom stereocenters. The van der Waals surface area contributed by atoms with Crippen LogP contribution in [0.3, 0.4) is 0 Å². The number of carbonyl (C=O) groups is 1. The van der Waals surface area contributed by atoms with Crippen LogP contribution in [0.25, 0.3) is 0 Å². The molecule has 2 unspecified atom stereocenters. The molecule has 1 fully saturated rings. The van der Waals surface area contributed by atoms with Gasteiger partial charge in [-0.3, -0.25) is 4.79 Å². The van der Waals surface area contributed by atoms with E-state index in [4.69, 9.17) is 0 Å². The molecule has 0 saturated carbocycles. The smallest absolute Gasteiger partial charge is 0.356 e. The summed E-state index contributed by atoms with van der Waals surface area (Å²) in [5, 5.41) is 6.17. The van der Waals surface area contributed by atoms with E-state index in [2.05, 4.69) is 10.6 Å². The van der Waals surface area contributed by atoms with Gasteiger partial charge < -0.3 is 10.6 Å². The second kappa shape index (κ2) is 10.0. The van der Waals surface area contributed by atoms with Crippen molar-refractivity contribution in [1.29, 1.82) is 0 Å². The molecule has 2 N–H and O–H groups in total. The van der Waals surface area contributed by atoms with Crippen LogP contribution in [-0.2, 0) is 11.0 Å². The van der Waals surface area contributed by atoms with Crippen LogP contribution in [0.4, 0.5) is 13.2 Å². The van der Waals surface area contributed by atoms with Gasteiger partial charge in [0.05, 0.1) is 5.56 Å². The highest BCUT2D eigenvalue weighted by Crippen LogP contribution is 2.35. The predicted octanol–water partition coefficient (Wildman–Crippen LogP) is 4.13. The number of benzene rings is 1. The minimum atomic E-state index is -4.39. The second-order valence-electron chi connectivity index (χ2n) is 6.54. The summed E-state index contributed by atoms with van der Waals surface area (Å²) in [6.07, 6.45) is -1.10. The lowest BCUT2D eigenvalue weighted by atomic mass is 9.92. The maximum Gasteiger partial charge on any atom is 0.416 e. The fourth-order valence-corrected chi connectivity index (χ4v) is 3.23. The Balaban J connectivity index is 0.00000312. The van der Waals surface area contributed by atoms with Crippen molar-refractivity contribution in [3.63, 3.8) is 0 Å². The summed E-state index contributed by atoms with van der Waals surface area (Å²) < 4.78 is 39.1. The SMILES string of the molecule is CC(CC(=O)NCCC1CCCNC1)c1ccccc1C(F)(F)F.Cl. The average Bonchev–Trinajstić information content (AvgIpc) is 2.55. The molecule has 7 heteroatoms. The topological polar surface area (TPSA) is 41.1 Å². The maximum atomic E-state index is 13.0. The van der Waals surface area contributed by atoms with E-state index in [9.17, 15) is 18.0 Å². The van der Waals surface area contributed by atoms with Gasteiger partial charge >= 0.3 is 6.18 Å². The minimum Gasteiger partial charge on any atom is -0.356 e. The third kappa shape index (κ3) is 6.86. The van der Waals surface area contributed by atoms with Gasteiger partial charge in [0.1, 0.15) is 0 Å². The van der Waals surface area contributed by atoms with E-state index in [1.54, 1.807) is 13.0 Å². The molecular weight excluding hydrogens is 353 g/mol. The Labute approximate surface area is 153 Å². The number of halogens is 4. The zero-order valence-corrected chi connectivity index (χ0v) is 15.2. The highest BCUT2D eigenvalue weighted by molar-refractivity contribution is 5.85. The van der Waals surface area contributed by atoms with Gasteiger partial charge in [-0.25, -0.2) is 0 Å². The number of hydrogen-bond acceptors (Lipinski definition) is 2. The summed E-state index contributed by atoms with van der Waals surface area (Å²) in [4.78, 5) is 12.0. The van der Waals surface area contributed by atoms with Gasteiger partial charge in [-0.05, 0) is 55.8 Å². The molecule has 0 aliphatic carbocycles. The van der Waals surface area contributed by atoms with Crippen LogP contribution in [0.2, 0.25) is 0 Å². The molecule has 2 rings (SSSR count). The molecular formula is C18H26ClF3N2O. The van der Waals surface area contributed by atoms with E-state index in [1.165, 1.54) is 12.1 Å². The molecule has 1 saturated heterocycles. The lowest BCUT2D eigenvalue weighted by molar-refractivity contribution is -0.138. The number of nitrogens with one attached hydrogen (secondary N) is 2. The summed E-state index contributed by atoms with van der Waals surface area (Å²) >= 11 is 0. The number of amides is 1. The first-order valence-electron chi connectivity index (χ1n) is 8.51. The normalized spacial score (nSPS) is 19.0. The molecule has 0 radical (unpaired) electrons. The van der Waals surface area contributed by atoms with Crippen LogP contribution in [-0.4, -0.2) is 25.5 Å². The zero-order chi connectivity index (χ0) is 17.6. The molecule has 3 nitrogen and oxygen atoms in total. The third-order valence-electron chi connectivity index (χ3n) is 4.56. The van der Waals surface area contributed by atoms with Crippen molar-refractivity contribution in [2.75, 3.05) is 19.6 Å². The Bertz CT molecular complexity index is 545. The molecule has 0 spiro atoms. The molecule has 1 heterocycles. The summed E-state index contributed by atoms with van der Waals surface area (Å²) in [5.41, 5.74) is -0.477. The van der Waals surface area contributed by atoms with Crippen molar-refractivity contribution < 1.29 is 18.0 Å². The van der Waals surface area contributed by atoms with E-state index in [1.807, 2.05) is 0 Å². The number of piperidine rings is 1. The van der Waals surface area contributed by atoms with Gasteiger partial charge in [-0.2, -0.15) is 13.2 Å². The first kappa shape index (κ1) is 21.8. The first-order valence-corrected chi connectivity index (χ1v) is 8.51. The third-order valence-corrected chi connectivity index (χ3v) is 4.56. The van der Waals surface area contributed by atoms with Crippen molar-refractivity contribution in [3.8, 4) is 0 Å². The molecule has 1 aliphatic rings. The first-order chi connectivity index (χ1) is 11.4. The molecule has 0 aromatic heterocycles. The number of alkyl halides is 3. The van der Waals surface area contributed by atoms with Crippen LogP contribution >= 0.6 is 12.4 Å². The van der Waals surface area contributed by atoms with E-state index < -0.39 is 17.7 Å². The van der Waals surface area contributed by atoms with Crippen LogP contribution < -0.4 is 10.6 Å². The lowest BCUT2D eigenvalue weighted by Gasteiger charge is -2.23. The van der Waals surface area contributed by atoms with E-state index in [0.29, 0.717) is 12.5 Å². The summed E-state index contributed by atoms with van der Waals surface area (Å²) in [7, 11) is 0. The van der Waals surface area contributed by atoms with Gasteiger partial charge in [-0.15, -0.1) is 12.4 Å². The molecule has 1 amide bonds. The Morgan fingerprint density at radius 3 is 2.72 bits per heavy atom. The molecule has 1 aliphatic heterocycles. The molecule has 25 heavy (non-hydrogen) atoms. The summed E-state index contributed by atoms with van der Waals surface area (Å²) in [6, 6.07) is 5.47. The van der Waals surface area contributed by atoms with Gasteiger partial charge in [-0.1, -0.05) is 25.1 Å². The van der Waals surface area contributed by atoms with Gasteiger partial charge in [0, 0.05) is 13.0 Å². The van der Waals surface area contributed by atoms with Crippen molar-refractivity contribution in [2.24, 2.45) is 5.92 Å². The average molecular weight is 379 g/mol. The van der Waals surface area contributed by atoms with Crippen LogP contribution in [0.1, 0.15) is 49.7 Å². The largest absolute Gasteiger partial charge is 0.416 e. The molecule has 0 bridgehead atoms. The Morgan fingerprint density at radius 2 is 2.08 bits per heavy atom. The monoisotopic (exact) mass is 378 g/mol. The highest BCUT2D eigenvalue weighted by Gasteiger charge is 2.34. The van der Waals surface area contributed by atoms with Gasteiger partial charge in [0.15, 0.2) is 0 Å². The fraction of sp³-hybridized carbons (Fsp3) is 0.611. The minimum absolute atomic E-state index is 0. The highest BCUT2D eigenvalue weighted by atomic mass is 35.5. The van der Waals surface area contributed by atoms with Crippen molar-refractivity contribution in [1.82, 2.24) is 10.6 Å². The standard InChI is InChI=1S/C18H25F3N2O.ClH/c1-13(15-6-2-3-7-16(15)18(19,20)21)11-17(24)23-10-8-14-5-4-9-22-12-14;/h2-3,6-7,13-14,22H,4-5,8-12H2,1H3,(H,23,24);1H. The van der Waals surface area contributed by atoms with Crippen molar-refractivity contribution >= 4 is 18.3 Å². The Kier molecular flexibility index (Phi) is 8.73. The van der Waals surface area contributed by atoms with E-state index in [0.717, 1.165) is 38.4 Å². The summed E-state index contributed by atoms with van der Waals surface area (Å²) in [6.45, 7) is 4.28. The Hall–Kier alpha value is -1.27. The van der Waals surface area contributed by atoms with E-state index in [-0.39, 0.29) is 30.3 Å². The fourth-order valence-electron chi connectivity index (χ4n) is 3.23. The molecule has 142 valence electrons. The lowest BCUT2D eigenvalue weighted by Crippen LogP contribution is -2.33. The zero-order valence-electron chi connectivity index (χ0n) is 14.4. The van der Waals surface area contributed by atoms with Crippen LogP contribution in [0, 0.1) is 5.92 Å². The van der Waals surface area contributed by atoms with Crippen molar-refractivity contribution in [2.45, 2.75) is 44.7 Å². The van der Waals surface area contributed by atoms with Crippen LogP contribution in [0.5, 0.6) is 0 Å². The second-order valence-corrected chi connectivity index (χ2v) is 6.54. The predicted molar refractivity (Wildman–Crippen MR) is 94.9 cm³/mol. The molecule has 1 aromatic carbocycles. The maximum absolute atomic E-state index is 13.0.